The molecule has 0 radical (unpaired) electrons. The first kappa shape index (κ1) is 18.7. The van der Waals surface area contributed by atoms with E-state index in [1.807, 2.05) is 11.4 Å². The number of carbonyl (C=O) groups is 2. The largest absolute Gasteiger partial charge is 0.351 e. The van der Waals surface area contributed by atoms with Crippen LogP contribution in [-0.2, 0) is 5.75 Å². The van der Waals surface area contributed by atoms with Crippen LogP contribution in [0.25, 0.3) is 0 Å². The Bertz CT molecular complexity index is 846. The topological polar surface area (TPSA) is 58.2 Å². The summed E-state index contributed by atoms with van der Waals surface area (Å²) in [5.41, 5.74) is 2.47. The Kier molecular flexibility index (Phi) is 6.88. The molecule has 2 N–H and O–H groups in total. The van der Waals surface area contributed by atoms with Crippen molar-refractivity contribution in [2.24, 2.45) is 0 Å². The van der Waals surface area contributed by atoms with Crippen LogP contribution in [0.2, 0.25) is 0 Å². The summed E-state index contributed by atoms with van der Waals surface area (Å²) in [5.74, 6) is 1.52. The van der Waals surface area contributed by atoms with Gasteiger partial charge >= 0.3 is 0 Å². The molecule has 4 nitrogen and oxygen atoms in total. The fourth-order valence-corrected chi connectivity index (χ4v) is 4.44. The van der Waals surface area contributed by atoms with Gasteiger partial charge in [-0.2, -0.15) is 23.1 Å². The molecular formula is C19H18N2O2S3. The lowest BCUT2D eigenvalue weighted by Gasteiger charge is -2.08. The second kappa shape index (κ2) is 9.56. The van der Waals surface area contributed by atoms with Gasteiger partial charge in [0.15, 0.2) is 0 Å². The minimum absolute atomic E-state index is 0.131. The number of thiophene rings is 2. The molecule has 2 amide bonds. The highest BCUT2D eigenvalue weighted by Crippen LogP contribution is 2.16. The predicted octanol–water partition coefficient (Wildman–Crippen LogP) is 4.73. The summed E-state index contributed by atoms with van der Waals surface area (Å²) in [6.07, 6.45) is 0. The van der Waals surface area contributed by atoms with Gasteiger partial charge in [-0.15, -0.1) is 11.3 Å². The van der Waals surface area contributed by atoms with Crippen LogP contribution in [0.5, 0.6) is 0 Å². The third kappa shape index (κ3) is 5.45. The number of thioether (sulfide) groups is 1. The van der Waals surface area contributed by atoms with E-state index < -0.39 is 0 Å². The minimum Gasteiger partial charge on any atom is -0.351 e. The molecule has 0 saturated carbocycles. The van der Waals surface area contributed by atoms with Gasteiger partial charge in [-0.1, -0.05) is 12.1 Å². The van der Waals surface area contributed by atoms with Crippen molar-refractivity contribution in [3.63, 3.8) is 0 Å². The summed E-state index contributed by atoms with van der Waals surface area (Å²) in [7, 11) is 0. The Balaban J connectivity index is 1.46. The van der Waals surface area contributed by atoms with Crippen LogP contribution < -0.4 is 10.6 Å². The first-order chi connectivity index (χ1) is 12.7. The van der Waals surface area contributed by atoms with Crippen LogP contribution in [0, 0.1) is 0 Å². The summed E-state index contributed by atoms with van der Waals surface area (Å²) in [4.78, 5) is 25.0. The third-order valence-corrected chi connectivity index (χ3v) is 6.14. The van der Waals surface area contributed by atoms with Crippen molar-refractivity contribution < 1.29 is 9.59 Å². The molecule has 0 atom stereocenters. The van der Waals surface area contributed by atoms with E-state index in [1.165, 1.54) is 16.9 Å². The van der Waals surface area contributed by atoms with Crippen LogP contribution >= 0.6 is 34.4 Å². The second-order valence-corrected chi connectivity index (χ2v) is 8.29. The maximum Gasteiger partial charge on any atom is 0.265 e. The van der Waals surface area contributed by atoms with Gasteiger partial charge in [-0.3, -0.25) is 9.59 Å². The van der Waals surface area contributed by atoms with Gasteiger partial charge in [-0.25, -0.2) is 0 Å². The molecule has 0 fully saturated rings. The quantitative estimate of drug-likeness (QED) is 0.536. The smallest absolute Gasteiger partial charge is 0.265 e. The lowest BCUT2D eigenvalue weighted by atomic mass is 10.2. The van der Waals surface area contributed by atoms with Crippen LogP contribution in [0.3, 0.4) is 0 Å². The molecule has 3 aromatic rings. The highest BCUT2D eigenvalue weighted by Gasteiger charge is 2.09. The number of hydrogen-bond donors (Lipinski definition) is 2. The molecule has 134 valence electrons. The van der Waals surface area contributed by atoms with Gasteiger partial charge in [0.2, 0.25) is 0 Å². The van der Waals surface area contributed by atoms with Crippen LogP contribution in [-0.4, -0.2) is 24.1 Å². The Morgan fingerprint density at radius 2 is 1.96 bits per heavy atom. The van der Waals surface area contributed by atoms with Gasteiger partial charge in [0.05, 0.1) is 4.88 Å². The monoisotopic (exact) mass is 402 g/mol. The van der Waals surface area contributed by atoms with Crippen molar-refractivity contribution in [3.8, 4) is 0 Å². The van der Waals surface area contributed by atoms with E-state index in [4.69, 9.17) is 0 Å². The van der Waals surface area contributed by atoms with E-state index in [1.54, 1.807) is 53.4 Å². The first-order valence-corrected chi connectivity index (χ1v) is 11.0. The summed E-state index contributed by atoms with van der Waals surface area (Å²) in [6, 6.07) is 12.7. The second-order valence-electron chi connectivity index (χ2n) is 5.45. The van der Waals surface area contributed by atoms with Crippen molar-refractivity contribution in [1.29, 1.82) is 0 Å². The Morgan fingerprint density at radius 3 is 2.73 bits per heavy atom. The molecule has 0 unspecified atom stereocenters. The number of amides is 2. The number of benzene rings is 1. The standard InChI is InChI=1S/C19H18N2O2S3/c22-18(20-7-10-25-13-14-6-9-24-12-14)15-3-1-4-16(11-15)21-19(23)17-5-2-8-26-17/h1-6,8-9,11-12H,7,10,13H2,(H,20,22)(H,21,23). The van der Waals surface area contributed by atoms with E-state index in [9.17, 15) is 9.59 Å². The normalized spacial score (nSPS) is 10.5. The number of nitrogens with one attached hydrogen (secondary N) is 2. The van der Waals surface area contributed by atoms with Gasteiger partial charge in [0, 0.05) is 29.3 Å². The number of rotatable bonds is 8. The lowest BCUT2D eigenvalue weighted by molar-refractivity contribution is 0.0954. The fraction of sp³-hybridized carbons (Fsp3) is 0.158. The zero-order valence-electron chi connectivity index (χ0n) is 13.9. The first-order valence-electron chi connectivity index (χ1n) is 8.04. The zero-order valence-corrected chi connectivity index (χ0v) is 16.4. The summed E-state index contributed by atoms with van der Waals surface area (Å²) in [5, 5.41) is 11.8. The van der Waals surface area contributed by atoms with Crippen molar-refractivity contribution in [3.05, 3.63) is 74.6 Å². The number of anilines is 1. The van der Waals surface area contributed by atoms with E-state index >= 15 is 0 Å². The van der Waals surface area contributed by atoms with Gasteiger partial charge < -0.3 is 10.6 Å². The SMILES string of the molecule is O=C(NCCSCc1ccsc1)c1cccc(NC(=O)c2cccs2)c1. The van der Waals surface area contributed by atoms with Gasteiger partial charge in [0.1, 0.15) is 0 Å². The average molecular weight is 403 g/mol. The summed E-state index contributed by atoms with van der Waals surface area (Å²) in [6.45, 7) is 0.611. The lowest BCUT2D eigenvalue weighted by Crippen LogP contribution is -2.25. The Labute approximate surface area is 164 Å². The average Bonchev–Trinajstić information content (AvgIpc) is 3.35. The molecule has 0 aliphatic heterocycles. The zero-order chi connectivity index (χ0) is 18.2. The molecule has 0 aliphatic rings. The van der Waals surface area contributed by atoms with Crippen molar-refractivity contribution >= 4 is 51.9 Å². The number of hydrogen-bond acceptors (Lipinski definition) is 5. The van der Waals surface area contributed by atoms with Crippen molar-refractivity contribution in [2.45, 2.75) is 5.75 Å². The number of carbonyl (C=O) groups excluding carboxylic acids is 2. The molecule has 0 bridgehead atoms. The molecule has 7 heteroatoms. The molecule has 2 aromatic heterocycles. The fourth-order valence-electron chi connectivity index (χ4n) is 2.24. The third-order valence-electron chi connectivity index (χ3n) is 3.51. The molecule has 0 saturated heterocycles. The van der Waals surface area contributed by atoms with Crippen molar-refractivity contribution in [1.82, 2.24) is 5.32 Å². The highest BCUT2D eigenvalue weighted by molar-refractivity contribution is 7.98. The van der Waals surface area contributed by atoms with Crippen LogP contribution in [0.15, 0.2) is 58.6 Å². The van der Waals surface area contributed by atoms with E-state index in [0.717, 1.165) is 11.5 Å². The summed E-state index contributed by atoms with van der Waals surface area (Å²) >= 11 is 4.87. The molecule has 26 heavy (non-hydrogen) atoms. The predicted molar refractivity (Wildman–Crippen MR) is 112 cm³/mol. The molecule has 2 heterocycles. The maximum atomic E-state index is 12.3. The van der Waals surface area contributed by atoms with Gasteiger partial charge in [-0.05, 0) is 52.0 Å². The van der Waals surface area contributed by atoms with E-state index in [2.05, 4.69) is 27.5 Å². The Morgan fingerprint density at radius 1 is 1.04 bits per heavy atom. The van der Waals surface area contributed by atoms with Crippen LogP contribution in [0.4, 0.5) is 5.69 Å². The molecule has 0 spiro atoms. The van der Waals surface area contributed by atoms with Crippen molar-refractivity contribution in [2.75, 3.05) is 17.6 Å². The maximum absolute atomic E-state index is 12.3. The van der Waals surface area contributed by atoms with E-state index in [0.29, 0.717) is 22.7 Å². The van der Waals surface area contributed by atoms with Gasteiger partial charge in [0.25, 0.3) is 11.8 Å². The molecule has 0 aliphatic carbocycles. The highest BCUT2D eigenvalue weighted by atomic mass is 32.2. The molecule has 3 rings (SSSR count). The summed E-state index contributed by atoms with van der Waals surface area (Å²) < 4.78 is 0. The molecule has 1 aromatic carbocycles. The Hall–Kier alpha value is -2.09. The van der Waals surface area contributed by atoms with Crippen LogP contribution in [0.1, 0.15) is 25.6 Å². The van der Waals surface area contributed by atoms with E-state index in [-0.39, 0.29) is 11.8 Å². The minimum atomic E-state index is -0.164. The molecular weight excluding hydrogens is 384 g/mol.